The molecule has 148 valence electrons. The molecule has 1 aliphatic rings. The lowest BCUT2D eigenvalue weighted by Gasteiger charge is -2.38. The van der Waals surface area contributed by atoms with Crippen molar-refractivity contribution in [1.82, 2.24) is 16.0 Å². The summed E-state index contributed by atoms with van der Waals surface area (Å²) in [6.45, 7) is 4.76. The number of hydrogen-bond acceptors (Lipinski definition) is 3. The molecule has 1 amide bonds. The van der Waals surface area contributed by atoms with Gasteiger partial charge in [-0.3, -0.25) is 9.79 Å². The minimum atomic E-state index is -0.257. The molecule has 0 fully saturated rings. The molecule has 0 saturated carbocycles. The molecular formula is C22H28N4O2. The fraction of sp³-hybridized carbons (Fsp3) is 0.364. The predicted molar refractivity (Wildman–Crippen MR) is 112 cm³/mol. The molecule has 3 rings (SSSR count). The number of amides is 1. The summed E-state index contributed by atoms with van der Waals surface area (Å²) >= 11 is 0. The van der Waals surface area contributed by atoms with Crippen LogP contribution in [0.3, 0.4) is 0 Å². The first-order valence-corrected chi connectivity index (χ1v) is 9.48. The first kappa shape index (κ1) is 19.7. The van der Waals surface area contributed by atoms with E-state index in [1.165, 1.54) is 0 Å². The van der Waals surface area contributed by atoms with Gasteiger partial charge >= 0.3 is 0 Å². The van der Waals surface area contributed by atoms with Gasteiger partial charge in [0.1, 0.15) is 11.4 Å². The number of hydrogen-bond donors (Lipinski definition) is 3. The number of guanidine groups is 1. The van der Waals surface area contributed by atoms with E-state index in [4.69, 9.17) is 4.74 Å². The number of para-hydroxylation sites is 1. The van der Waals surface area contributed by atoms with Crippen LogP contribution in [-0.4, -0.2) is 31.6 Å². The van der Waals surface area contributed by atoms with Crippen LogP contribution in [0.5, 0.6) is 5.75 Å². The van der Waals surface area contributed by atoms with Gasteiger partial charge in [0.2, 0.25) is 0 Å². The van der Waals surface area contributed by atoms with Crippen molar-refractivity contribution in [2.24, 2.45) is 4.99 Å². The smallest absolute Gasteiger partial charge is 0.251 e. The third-order valence-corrected chi connectivity index (χ3v) is 4.79. The van der Waals surface area contributed by atoms with Crippen LogP contribution in [-0.2, 0) is 6.54 Å². The van der Waals surface area contributed by atoms with Gasteiger partial charge in [-0.2, -0.15) is 0 Å². The second kappa shape index (κ2) is 8.33. The maximum Gasteiger partial charge on any atom is 0.251 e. The predicted octanol–water partition coefficient (Wildman–Crippen LogP) is 3.01. The molecule has 1 atom stereocenters. The highest BCUT2D eigenvalue weighted by atomic mass is 16.5. The number of benzene rings is 2. The van der Waals surface area contributed by atoms with E-state index in [0.29, 0.717) is 18.1 Å². The van der Waals surface area contributed by atoms with E-state index >= 15 is 0 Å². The minimum Gasteiger partial charge on any atom is -0.487 e. The Morgan fingerprint density at radius 3 is 2.75 bits per heavy atom. The second-order valence-corrected chi connectivity index (χ2v) is 7.51. The van der Waals surface area contributed by atoms with Crippen molar-refractivity contribution in [2.75, 3.05) is 14.1 Å². The van der Waals surface area contributed by atoms with E-state index in [-0.39, 0.29) is 17.6 Å². The third kappa shape index (κ3) is 4.63. The van der Waals surface area contributed by atoms with Gasteiger partial charge in [0.15, 0.2) is 5.96 Å². The molecular weight excluding hydrogens is 352 g/mol. The Morgan fingerprint density at radius 2 is 2.00 bits per heavy atom. The van der Waals surface area contributed by atoms with Gasteiger partial charge in [-0.1, -0.05) is 30.3 Å². The highest BCUT2D eigenvalue weighted by molar-refractivity contribution is 5.94. The number of nitrogens with zero attached hydrogens (tertiary/aromatic N) is 1. The van der Waals surface area contributed by atoms with Crippen molar-refractivity contribution in [1.29, 1.82) is 0 Å². The van der Waals surface area contributed by atoms with Crippen LogP contribution < -0.4 is 20.7 Å². The molecule has 2 aromatic rings. The molecule has 0 aromatic heterocycles. The van der Waals surface area contributed by atoms with Gasteiger partial charge in [0.25, 0.3) is 5.91 Å². The maximum absolute atomic E-state index is 11.8. The summed E-state index contributed by atoms with van der Waals surface area (Å²) in [6.07, 6.45) is 0.830. The largest absolute Gasteiger partial charge is 0.487 e. The summed E-state index contributed by atoms with van der Waals surface area (Å²) in [5, 5.41) is 9.51. The van der Waals surface area contributed by atoms with Crippen molar-refractivity contribution in [2.45, 2.75) is 38.5 Å². The van der Waals surface area contributed by atoms with Crippen LogP contribution >= 0.6 is 0 Å². The quantitative estimate of drug-likeness (QED) is 0.563. The monoisotopic (exact) mass is 380 g/mol. The lowest BCUT2D eigenvalue weighted by atomic mass is 9.90. The summed E-state index contributed by atoms with van der Waals surface area (Å²) in [5.74, 6) is 1.53. The van der Waals surface area contributed by atoms with Crippen LogP contribution in [0.25, 0.3) is 0 Å². The SMILES string of the molecule is CN=C(NCc1cccc(C(=O)NC)c1)NC1CC(C)(C)Oc2ccccc21. The highest BCUT2D eigenvalue weighted by Crippen LogP contribution is 2.39. The first-order chi connectivity index (χ1) is 13.4. The Labute approximate surface area is 166 Å². The Kier molecular flexibility index (Phi) is 5.87. The molecule has 0 aliphatic carbocycles. The highest BCUT2D eigenvalue weighted by Gasteiger charge is 2.33. The molecule has 0 radical (unpaired) electrons. The number of ether oxygens (including phenoxy) is 1. The fourth-order valence-electron chi connectivity index (χ4n) is 3.44. The fourth-order valence-corrected chi connectivity index (χ4v) is 3.44. The molecule has 0 spiro atoms. The van der Waals surface area contributed by atoms with E-state index in [1.54, 1.807) is 20.2 Å². The normalized spacial score (nSPS) is 17.9. The number of carbonyl (C=O) groups is 1. The minimum absolute atomic E-state index is 0.0922. The number of aliphatic imine (C=N–C) groups is 1. The number of fused-ring (bicyclic) bond motifs is 1. The van der Waals surface area contributed by atoms with Gasteiger partial charge in [0, 0.05) is 38.2 Å². The number of rotatable bonds is 4. The standard InChI is InChI=1S/C22H28N4O2/c1-22(2)13-18(17-10-5-6-11-19(17)28-22)26-21(24-4)25-14-15-8-7-9-16(12-15)20(27)23-3/h5-12,18H,13-14H2,1-4H3,(H,23,27)(H2,24,25,26). The average Bonchev–Trinajstić information content (AvgIpc) is 2.69. The van der Waals surface area contributed by atoms with Gasteiger partial charge in [0.05, 0.1) is 6.04 Å². The average molecular weight is 380 g/mol. The molecule has 0 bridgehead atoms. The van der Waals surface area contributed by atoms with Crippen LogP contribution in [0.4, 0.5) is 0 Å². The third-order valence-electron chi connectivity index (χ3n) is 4.79. The van der Waals surface area contributed by atoms with Gasteiger partial charge in [-0.15, -0.1) is 0 Å². The molecule has 6 nitrogen and oxygen atoms in total. The Hall–Kier alpha value is -3.02. The molecule has 2 aromatic carbocycles. The van der Waals surface area contributed by atoms with Crippen LogP contribution in [0.1, 0.15) is 47.8 Å². The lowest BCUT2D eigenvalue weighted by molar-refractivity contribution is 0.0694. The number of nitrogens with one attached hydrogen (secondary N) is 3. The lowest BCUT2D eigenvalue weighted by Crippen LogP contribution is -2.45. The van der Waals surface area contributed by atoms with Crippen LogP contribution in [0, 0.1) is 0 Å². The summed E-state index contributed by atoms with van der Waals surface area (Å²) in [5.41, 5.74) is 2.53. The molecule has 0 saturated heterocycles. The molecule has 1 heterocycles. The summed E-state index contributed by atoms with van der Waals surface area (Å²) in [6, 6.07) is 15.8. The Morgan fingerprint density at radius 1 is 1.21 bits per heavy atom. The van der Waals surface area contributed by atoms with Gasteiger partial charge < -0.3 is 20.7 Å². The molecule has 1 aliphatic heterocycles. The molecule has 6 heteroatoms. The zero-order valence-corrected chi connectivity index (χ0v) is 16.9. The van der Waals surface area contributed by atoms with Crippen LogP contribution in [0.15, 0.2) is 53.5 Å². The maximum atomic E-state index is 11.8. The molecule has 3 N–H and O–H groups in total. The van der Waals surface area contributed by atoms with E-state index in [0.717, 1.165) is 23.3 Å². The summed E-state index contributed by atoms with van der Waals surface area (Å²) in [4.78, 5) is 16.2. The Balaban J connectivity index is 1.69. The van der Waals surface area contributed by atoms with Crippen molar-refractivity contribution < 1.29 is 9.53 Å². The second-order valence-electron chi connectivity index (χ2n) is 7.51. The Bertz CT molecular complexity index is 876. The van der Waals surface area contributed by atoms with Crippen molar-refractivity contribution >= 4 is 11.9 Å². The summed E-state index contributed by atoms with van der Waals surface area (Å²) < 4.78 is 6.10. The first-order valence-electron chi connectivity index (χ1n) is 9.48. The van der Waals surface area contributed by atoms with E-state index < -0.39 is 0 Å². The van der Waals surface area contributed by atoms with Crippen LogP contribution in [0.2, 0.25) is 0 Å². The molecule has 1 unspecified atom stereocenters. The van der Waals surface area contributed by atoms with Gasteiger partial charge in [-0.05, 0) is 37.6 Å². The van der Waals surface area contributed by atoms with Crippen molar-refractivity contribution in [3.63, 3.8) is 0 Å². The van der Waals surface area contributed by atoms with E-state index in [9.17, 15) is 4.79 Å². The molecule has 28 heavy (non-hydrogen) atoms. The van der Waals surface area contributed by atoms with Crippen molar-refractivity contribution in [3.05, 3.63) is 65.2 Å². The van der Waals surface area contributed by atoms with E-state index in [1.807, 2.05) is 36.4 Å². The van der Waals surface area contributed by atoms with Gasteiger partial charge in [-0.25, -0.2) is 0 Å². The van der Waals surface area contributed by atoms with Crippen molar-refractivity contribution in [3.8, 4) is 5.75 Å². The van der Waals surface area contributed by atoms with E-state index in [2.05, 4.69) is 40.9 Å². The zero-order chi connectivity index (χ0) is 20.1. The number of carbonyl (C=O) groups excluding carboxylic acids is 1. The summed E-state index contributed by atoms with van der Waals surface area (Å²) in [7, 11) is 3.39. The topological polar surface area (TPSA) is 74.8 Å². The zero-order valence-electron chi connectivity index (χ0n) is 16.9.